The highest BCUT2D eigenvalue weighted by Crippen LogP contribution is 2.36. The number of carbonyl (C=O) groups excluding carboxylic acids is 1. The molecule has 1 aliphatic heterocycles. The summed E-state index contributed by atoms with van der Waals surface area (Å²) in [5.74, 6) is -0.00912. The fourth-order valence-electron chi connectivity index (χ4n) is 4.13. The Morgan fingerprint density at radius 1 is 1.22 bits per heavy atom. The van der Waals surface area contributed by atoms with Gasteiger partial charge in [0.25, 0.3) is 0 Å². The molecule has 3 aromatic rings. The molecule has 5 rings (SSSR count). The molecule has 0 amide bonds. The van der Waals surface area contributed by atoms with E-state index in [1.165, 1.54) is 4.57 Å². The Balaban J connectivity index is 1.67. The van der Waals surface area contributed by atoms with Gasteiger partial charge in [0.2, 0.25) is 5.95 Å². The number of nitrogens with one attached hydrogen (secondary N) is 1. The van der Waals surface area contributed by atoms with Crippen molar-refractivity contribution in [1.82, 2.24) is 24.8 Å². The van der Waals surface area contributed by atoms with Gasteiger partial charge in [-0.3, -0.25) is 14.3 Å². The summed E-state index contributed by atoms with van der Waals surface area (Å²) in [5, 5.41) is 3.21. The summed E-state index contributed by atoms with van der Waals surface area (Å²) >= 11 is 0. The van der Waals surface area contributed by atoms with Crippen molar-refractivity contribution < 1.29 is 9.18 Å². The number of fused-ring (bicyclic) bond motifs is 1. The van der Waals surface area contributed by atoms with E-state index in [0.717, 1.165) is 12.1 Å². The molecule has 1 unspecified atom stereocenters. The number of allylic oxidation sites excluding steroid dienone is 2. The molecule has 0 fully saturated rings. The zero-order valence-corrected chi connectivity index (χ0v) is 18.3. The Kier molecular flexibility index (Phi) is 4.77. The van der Waals surface area contributed by atoms with E-state index in [0.29, 0.717) is 34.8 Å². The number of dihydropyridines is 1. The molecule has 162 valence electrons. The van der Waals surface area contributed by atoms with Crippen molar-refractivity contribution in [3.63, 3.8) is 0 Å². The number of Topliss-reactive ketones (excluding diaryl/α,β-unsaturated/α-hetero) is 1. The standard InChI is InChI=1S/C25H24FN5O/c1-15-6-7-17(14-28-15)31-23(26)21(16-5-4-12-27-13-16)30-24(31)20-9-8-18-19(29-20)10-11-25(2,3)22(18)32/h4-9,12-15,28H,10-11H2,1-3H3. The lowest BCUT2D eigenvalue weighted by Crippen LogP contribution is -2.31. The average molecular weight is 429 g/mol. The predicted molar refractivity (Wildman–Crippen MR) is 121 cm³/mol. The number of carbonyl (C=O) groups is 1. The number of rotatable bonds is 3. The predicted octanol–water partition coefficient (Wildman–Crippen LogP) is 4.65. The summed E-state index contributed by atoms with van der Waals surface area (Å²) in [6, 6.07) is 7.24. The van der Waals surface area contributed by atoms with Crippen molar-refractivity contribution in [1.29, 1.82) is 0 Å². The van der Waals surface area contributed by atoms with Gasteiger partial charge in [0.05, 0.1) is 11.4 Å². The molecule has 1 atom stereocenters. The molecular weight excluding hydrogens is 405 g/mol. The highest BCUT2D eigenvalue weighted by molar-refractivity contribution is 6.02. The van der Waals surface area contributed by atoms with E-state index >= 15 is 4.39 Å². The minimum Gasteiger partial charge on any atom is -0.383 e. The van der Waals surface area contributed by atoms with Crippen LogP contribution in [0, 0.1) is 11.4 Å². The van der Waals surface area contributed by atoms with Crippen LogP contribution in [0.4, 0.5) is 4.39 Å². The number of ketones is 1. The first-order valence-corrected chi connectivity index (χ1v) is 10.7. The van der Waals surface area contributed by atoms with Gasteiger partial charge in [-0.15, -0.1) is 0 Å². The van der Waals surface area contributed by atoms with Crippen LogP contribution in [0.5, 0.6) is 0 Å². The van der Waals surface area contributed by atoms with Crippen molar-refractivity contribution in [2.45, 2.75) is 39.7 Å². The molecule has 7 heteroatoms. The van der Waals surface area contributed by atoms with Gasteiger partial charge < -0.3 is 5.32 Å². The third-order valence-electron chi connectivity index (χ3n) is 6.11. The lowest BCUT2D eigenvalue weighted by Gasteiger charge is -2.29. The number of hydrogen-bond acceptors (Lipinski definition) is 5. The summed E-state index contributed by atoms with van der Waals surface area (Å²) < 4.78 is 17.2. The number of aromatic nitrogens is 4. The molecule has 0 bridgehead atoms. The largest absolute Gasteiger partial charge is 0.383 e. The van der Waals surface area contributed by atoms with E-state index in [9.17, 15) is 4.79 Å². The monoisotopic (exact) mass is 429 g/mol. The summed E-state index contributed by atoms with van der Waals surface area (Å²) in [6.07, 6.45) is 10.3. The van der Waals surface area contributed by atoms with Gasteiger partial charge in [0.1, 0.15) is 11.4 Å². The van der Waals surface area contributed by atoms with Crippen LogP contribution in [0.15, 0.2) is 55.0 Å². The lowest BCUT2D eigenvalue weighted by atomic mass is 9.75. The van der Waals surface area contributed by atoms with Crippen LogP contribution in [0.3, 0.4) is 0 Å². The van der Waals surface area contributed by atoms with Crippen LogP contribution in [0.1, 0.15) is 43.2 Å². The number of imidazole rings is 1. The second-order valence-corrected chi connectivity index (χ2v) is 8.94. The summed E-state index contributed by atoms with van der Waals surface area (Å²) in [4.78, 5) is 26.3. The van der Waals surface area contributed by atoms with E-state index in [1.54, 1.807) is 42.9 Å². The average Bonchev–Trinajstić information content (AvgIpc) is 3.14. The molecular formula is C25H24FN5O. The SMILES string of the molecule is CC1C=CC(n2c(-c3ccc4c(n3)CCC(C)(C)C4=O)nc(-c3cccnc3)c2F)=CN1. The highest BCUT2D eigenvalue weighted by atomic mass is 19.1. The zero-order valence-electron chi connectivity index (χ0n) is 18.3. The van der Waals surface area contributed by atoms with Crippen molar-refractivity contribution in [2.24, 2.45) is 5.41 Å². The molecule has 1 N–H and O–H groups in total. The molecule has 4 heterocycles. The van der Waals surface area contributed by atoms with Gasteiger partial charge in [-0.2, -0.15) is 4.39 Å². The molecule has 32 heavy (non-hydrogen) atoms. The Morgan fingerprint density at radius 3 is 2.78 bits per heavy atom. The van der Waals surface area contributed by atoms with Crippen molar-refractivity contribution in [2.75, 3.05) is 0 Å². The van der Waals surface area contributed by atoms with Gasteiger partial charge in [-0.05, 0) is 50.1 Å². The normalized spacial score (nSPS) is 19.3. The Hall–Kier alpha value is -3.61. The van der Waals surface area contributed by atoms with Crippen LogP contribution in [0.25, 0.3) is 28.5 Å². The first kappa shape index (κ1) is 20.3. The Labute approximate surface area is 185 Å². The summed E-state index contributed by atoms with van der Waals surface area (Å²) in [7, 11) is 0. The highest BCUT2D eigenvalue weighted by Gasteiger charge is 2.35. The quantitative estimate of drug-likeness (QED) is 0.656. The van der Waals surface area contributed by atoms with Crippen molar-refractivity contribution in [3.05, 3.63) is 72.2 Å². The number of aryl methyl sites for hydroxylation is 1. The van der Waals surface area contributed by atoms with E-state index in [1.807, 2.05) is 32.9 Å². The zero-order chi connectivity index (χ0) is 22.5. The number of hydrogen-bond donors (Lipinski definition) is 1. The number of halogens is 1. The first-order chi connectivity index (χ1) is 15.3. The second-order valence-electron chi connectivity index (χ2n) is 8.94. The first-order valence-electron chi connectivity index (χ1n) is 10.7. The number of pyridine rings is 2. The van der Waals surface area contributed by atoms with E-state index in [-0.39, 0.29) is 17.5 Å². The topological polar surface area (TPSA) is 72.7 Å². The molecule has 0 saturated heterocycles. The molecule has 0 saturated carbocycles. The lowest BCUT2D eigenvalue weighted by molar-refractivity contribution is 0.0809. The molecule has 3 aromatic heterocycles. The van der Waals surface area contributed by atoms with Gasteiger partial charge in [0.15, 0.2) is 11.6 Å². The van der Waals surface area contributed by atoms with Crippen LogP contribution < -0.4 is 5.32 Å². The van der Waals surface area contributed by atoms with Gasteiger partial charge in [-0.25, -0.2) is 9.97 Å². The Morgan fingerprint density at radius 2 is 2.06 bits per heavy atom. The number of nitrogens with zero attached hydrogens (tertiary/aromatic N) is 4. The third kappa shape index (κ3) is 3.34. The van der Waals surface area contributed by atoms with Crippen LogP contribution in [-0.4, -0.2) is 31.3 Å². The second kappa shape index (κ2) is 7.51. The minimum atomic E-state index is -0.489. The molecule has 0 spiro atoms. The summed E-state index contributed by atoms with van der Waals surface area (Å²) in [5.41, 5.74) is 2.93. The van der Waals surface area contributed by atoms with Crippen LogP contribution in [-0.2, 0) is 6.42 Å². The van der Waals surface area contributed by atoms with Crippen molar-refractivity contribution >= 4 is 11.5 Å². The maximum atomic E-state index is 15.7. The maximum absolute atomic E-state index is 15.7. The van der Waals surface area contributed by atoms with Gasteiger partial charge in [-0.1, -0.05) is 19.9 Å². The molecule has 0 radical (unpaired) electrons. The molecule has 6 nitrogen and oxygen atoms in total. The molecule has 1 aliphatic carbocycles. The van der Waals surface area contributed by atoms with E-state index in [2.05, 4.69) is 15.3 Å². The molecule has 2 aliphatic rings. The van der Waals surface area contributed by atoms with E-state index in [4.69, 9.17) is 4.98 Å². The molecule has 0 aromatic carbocycles. The van der Waals surface area contributed by atoms with Gasteiger partial charge in [0, 0.05) is 41.2 Å². The minimum absolute atomic E-state index is 0.0967. The van der Waals surface area contributed by atoms with Crippen LogP contribution >= 0.6 is 0 Å². The fourth-order valence-corrected chi connectivity index (χ4v) is 4.13. The van der Waals surface area contributed by atoms with E-state index < -0.39 is 11.4 Å². The smallest absolute Gasteiger partial charge is 0.226 e. The fraction of sp³-hybridized carbons (Fsp3) is 0.280. The van der Waals surface area contributed by atoms with Gasteiger partial charge >= 0.3 is 0 Å². The van der Waals surface area contributed by atoms with Crippen LogP contribution in [0.2, 0.25) is 0 Å². The maximum Gasteiger partial charge on any atom is 0.226 e. The third-order valence-corrected chi connectivity index (χ3v) is 6.11. The van der Waals surface area contributed by atoms with Crippen molar-refractivity contribution in [3.8, 4) is 22.8 Å². The Bertz CT molecular complexity index is 1270. The summed E-state index contributed by atoms with van der Waals surface area (Å²) in [6.45, 7) is 5.94.